The van der Waals surface area contributed by atoms with Gasteiger partial charge in [-0.15, -0.1) is 0 Å². The Morgan fingerprint density at radius 3 is 2.75 bits per heavy atom. The van der Waals surface area contributed by atoms with Crippen molar-refractivity contribution in [2.45, 2.75) is 77.2 Å². The zero-order valence-corrected chi connectivity index (χ0v) is 15.6. The van der Waals surface area contributed by atoms with Gasteiger partial charge in [0, 0.05) is 0 Å². The zero-order valence-electron chi connectivity index (χ0n) is 15.6. The second kappa shape index (κ2) is 5.86. The fourth-order valence-electron chi connectivity index (χ4n) is 7.07. The summed E-state index contributed by atoms with van der Waals surface area (Å²) in [6, 6.07) is 0. The van der Waals surface area contributed by atoms with E-state index in [1.807, 2.05) is 0 Å². The molecular formula is C21H33NO2. The molecule has 134 valence electrons. The standard InChI is InChI=1S/C21H33NO2/c1-4-21(23)12-10-19-18-7-5-14-13-15(22-24-3)6-8-16(14)17(18)9-11-20(19,21)2/h13,16-19,23H,4-12H2,1-3H3/b22-15-/t16-,17+,18+,19-,20-,21-/m0/s1. The van der Waals surface area contributed by atoms with Crippen LogP contribution in [0.25, 0.3) is 0 Å². The molecule has 0 aromatic rings. The van der Waals surface area contributed by atoms with E-state index in [2.05, 4.69) is 25.1 Å². The second-order valence-electron chi connectivity index (χ2n) is 8.98. The van der Waals surface area contributed by atoms with Gasteiger partial charge in [-0.25, -0.2) is 0 Å². The maximum Gasteiger partial charge on any atom is 0.106 e. The Bertz CT molecular complexity index is 568. The molecule has 0 unspecified atom stereocenters. The molecule has 0 aromatic heterocycles. The van der Waals surface area contributed by atoms with Crippen LogP contribution in [-0.2, 0) is 4.84 Å². The molecule has 4 rings (SSSR count). The Morgan fingerprint density at radius 1 is 1.17 bits per heavy atom. The first kappa shape index (κ1) is 16.6. The third kappa shape index (κ3) is 2.23. The van der Waals surface area contributed by atoms with Gasteiger partial charge in [0.1, 0.15) is 7.11 Å². The third-order valence-corrected chi connectivity index (χ3v) is 8.43. The summed E-state index contributed by atoms with van der Waals surface area (Å²) in [4.78, 5) is 4.99. The van der Waals surface area contributed by atoms with Crippen LogP contribution in [0.2, 0.25) is 0 Å². The lowest BCUT2D eigenvalue weighted by atomic mass is 9.50. The molecular weight excluding hydrogens is 298 g/mol. The molecule has 0 aromatic carbocycles. The highest BCUT2D eigenvalue weighted by atomic mass is 16.6. The van der Waals surface area contributed by atoms with Crippen molar-refractivity contribution < 1.29 is 9.94 Å². The minimum atomic E-state index is -0.413. The molecule has 0 spiro atoms. The van der Waals surface area contributed by atoms with Gasteiger partial charge < -0.3 is 9.94 Å². The number of hydrogen-bond donors (Lipinski definition) is 1. The average Bonchev–Trinajstić information content (AvgIpc) is 2.87. The molecule has 0 heterocycles. The van der Waals surface area contributed by atoms with Crippen LogP contribution in [0.15, 0.2) is 16.8 Å². The van der Waals surface area contributed by atoms with Crippen LogP contribution in [0.4, 0.5) is 0 Å². The summed E-state index contributed by atoms with van der Waals surface area (Å²) in [5.74, 6) is 3.16. The number of nitrogens with zero attached hydrogens (tertiary/aromatic N) is 1. The van der Waals surface area contributed by atoms with E-state index in [9.17, 15) is 5.11 Å². The van der Waals surface area contributed by atoms with E-state index in [1.165, 1.54) is 38.5 Å². The summed E-state index contributed by atoms with van der Waals surface area (Å²) in [5.41, 5.74) is 2.50. The van der Waals surface area contributed by atoms with E-state index in [-0.39, 0.29) is 5.41 Å². The largest absolute Gasteiger partial charge is 0.399 e. The first-order chi connectivity index (χ1) is 11.5. The van der Waals surface area contributed by atoms with Gasteiger partial charge in [0.2, 0.25) is 0 Å². The Hall–Kier alpha value is -0.830. The molecule has 3 saturated carbocycles. The number of rotatable bonds is 2. The van der Waals surface area contributed by atoms with Gasteiger partial charge in [0.05, 0.1) is 11.3 Å². The van der Waals surface area contributed by atoms with Gasteiger partial charge in [-0.1, -0.05) is 24.6 Å². The number of allylic oxidation sites excluding steroid dienone is 2. The molecule has 0 amide bonds. The Balaban J connectivity index is 1.59. The van der Waals surface area contributed by atoms with Crippen molar-refractivity contribution in [2.75, 3.05) is 7.11 Å². The van der Waals surface area contributed by atoms with E-state index in [1.54, 1.807) is 12.7 Å². The Kier molecular flexibility index (Phi) is 4.06. The van der Waals surface area contributed by atoms with E-state index >= 15 is 0 Å². The van der Waals surface area contributed by atoms with E-state index < -0.39 is 5.60 Å². The molecule has 3 nitrogen and oxygen atoms in total. The third-order valence-electron chi connectivity index (χ3n) is 8.43. The molecule has 0 radical (unpaired) electrons. The van der Waals surface area contributed by atoms with Crippen molar-refractivity contribution in [3.05, 3.63) is 11.6 Å². The predicted molar refractivity (Wildman–Crippen MR) is 96.8 cm³/mol. The number of oxime groups is 1. The first-order valence-electron chi connectivity index (χ1n) is 10.1. The average molecular weight is 332 g/mol. The summed E-state index contributed by atoms with van der Waals surface area (Å²) in [6.07, 6.45) is 12.9. The van der Waals surface area contributed by atoms with Gasteiger partial charge in [0.15, 0.2) is 0 Å². The summed E-state index contributed by atoms with van der Waals surface area (Å²) >= 11 is 0. The number of hydrogen-bond acceptors (Lipinski definition) is 3. The molecule has 4 aliphatic carbocycles. The van der Waals surface area contributed by atoms with Crippen molar-refractivity contribution in [3.63, 3.8) is 0 Å². The lowest BCUT2D eigenvalue weighted by Crippen LogP contribution is -2.52. The highest BCUT2D eigenvalue weighted by molar-refractivity contribution is 5.96. The van der Waals surface area contributed by atoms with E-state index in [4.69, 9.17) is 4.84 Å². The number of aliphatic hydroxyl groups is 1. The fraction of sp³-hybridized carbons (Fsp3) is 0.857. The highest BCUT2D eigenvalue weighted by Gasteiger charge is 2.61. The normalized spacial score (nSPS) is 49.2. The second-order valence-corrected chi connectivity index (χ2v) is 8.98. The van der Waals surface area contributed by atoms with E-state index in [0.717, 1.165) is 48.6 Å². The lowest BCUT2D eigenvalue weighted by molar-refractivity contribution is -0.118. The summed E-state index contributed by atoms with van der Waals surface area (Å²) < 4.78 is 0. The van der Waals surface area contributed by atoms with Crippen molar-refractivity contribution in [2.24, 2.45) is 34.2 Å². The van der Waals surface area contributed by atoms with Crippen LogP contribution in [0, 0.1) is 29.1 Å². The Labute approximate surface area is 146 Å². The van der Waals surface area contributed by atoms with Crippen molar-refractivity contribution in [1.82, 2.24) is 0 Å². The van der Waals surface area contributed by atoms with Crippen LogP contribution in [-0.4, -0.2) is 23.5 Å². The predicted octanol–water partition coefficient (Wildman–Crippen LogP) is 4.70. The molecule has 0 aliphatic heterocycles. The Morgan fingerprint density at radius 2 is 2.00 bits per heavy atom. The van der Waals surface area contributed by atoms with Crippen molar-refractivity contribution in [3.8, 4) is 0 Å². The first-order valence-corrected chi connectivity index (χ1v) is 10.1. The smallest absolute Gasteiger partial charge is 0.106 e. The molecule has 3 fully saturated rings. The SMILES string of the molecule is CC[C@]1(O)CC[C@H]2[C@@H]3CCC4=C/C(=N\OC)CC[C@@H]4[C@H]3CC[C@@]21C. The quantitative estimate of drug-likeness (QED) is 0.745. The lowest BCUT2D eigenvalue weighted by Gasteiger charge is -2.55. The van der Waals surface area contributed by atoms with Crippen molar-refractivity contribution >= 4 is 5.71 Å². The maximum atomic E-state index is 11.2. The molecule has 4 aliphatic rings. The monoisotopic (exact) mass is 331 g/mol. The van der Waals surface area contributed by atoms with Gasteiger partial charge in [-0.05, 0) is 93.0 Å². The van der Waals surface area contributed by atoms with Crippen molar-refractivity contribution in [1.29, 1.82) is 0 Å². The highest BCUT2D eigenvalue weighted by Crippen LogP contribution is 2.65. The molecule has 24 heavy (non-hydrogen) atoms. The summed E-state index contributed by atoms with van der Waals surface area (Å²) in [7, 11) is 1.64. The van der Waals surface area contributed by atoms with E-state index in [0.29, 0.717) is 0 Å². The van der Waals surface area contributed by atoms with Gasteiger partial charge >= 0.3 is 0 Å². The van der Waals surface area contributed by atoms with Crippen LogP contribution in [0.5, 0.6) is 0 Å². The summed E-state index contributed by atoms with van der Waals surface area (Å²) in [5, 5.41) is 15.4. The molecule has 0 bridgehead atoms. The van der Waals surface area contributed by atoms with Gasteiger partial charge in [-0.2, -0.15) is 0 Å². The molecule has 1 N–H and O–H groups in total. The molecule has 6 atom stereocenters. The summed E-state index contributed by atoms with van der Waals surface area (Å²) in [6.45, 7) is 4.58. The van der Waals surface area contributed by atoms with Crippen LogP contribution in [0.3, 0.4) is 0 Å². The number of fused-ring (bicyclic) bond motifs is 5. The fourth-order valence-corrected chi connectivity index (χ4v) is 7.07. The minimum Gasteiger partial charge on any atom is -0.399 e. The van der Waals surface area contributed by atoms with Crippen LogP contribution < -0.4 is 0 Å². The van der Waals surface area contributed by atoms with Crippen LogP contribution >= 0.6 is 0 Å². The zero-order chi connectivity index (χ0) is 16.9. The van der Waals surface area contributed by atoms with Gasteiger partial charge in [0.25, 0.3) is 0 Å². The van der Waals surface area contributed by atoms with Gasteiger partial charge in [-0.3, -0.25) is 0 Å². The van der Waals surface area contributed by atoms with Crippen LogP contribution in [0.1, 0.15) is 71.6 Å². The molecule has 3 heteroatoms. The molecule has 0 saturated heterocycles. The maximum absolute atomic E-state index is 11.2. The topological polar surface area (TPSA) is 41.8 Å². The minimum absolute atomic E-state index is 0.154.